The zero-order chi connectivity index (χ0) is 18.1. The number of carbonyl (C=O) groups excluding carboxylic acids is 1. The van der Waals surface area contributed by atoms with E-state index in [2.05, 4.69) is 10.1 Å². The number of aromatic nitrogens is 2. The number of furan rings is 1. The molecule has 2 aromatic carbocycles. The van der Waals surface area contributed by atoms with E-state index in [1.807, 2.05) is 36.4 Å². The minimum absolute atomic E-state index is 0.107. The first-order chi connectivity index (χ1) is 12.6. The molecule has 0 N–H and O–H groups in total. The number of benzene rings is 2. The van der Waals surface area contributed by atoms with Crippen molar-refractivity contribution in [2.24, 2.45) is 0 Å². The van der Waals surface area contributed by atoms with Gasteiger partial charge >= 0.3 is 5.97 Å². The largest absolute Gasteiger partial charge is 0.450 e. The van der Waals surface area contributed by atoms with Crippen molar-refractivity contribution in [2.45, 2.75) is 13.5 Å². The molecule has 2 aromatic heterocycles. The van der Waals surface area contributed by atoms with Gasteiger partial charge in [-0.3, -0.25) is 0 Å². The summed E-state index contributed by atoms with van der Waals surface area (Å²) in [5, 5.41) is 5.09. The molecule has 6 nitrogen and oxygen atoms in total. The van der Waals surface area contributed by atoms with Crippen LogP contribution in [-0.2, 0) is 11.3 Å². The predicted octanol–water partition coefficient (Wildman–Crippen LogP) is 4.80. The minimum atomic E-state index is -0.616. The van der Waals surface area contributed by atoms with E-state index in [9.17, 15) is 4.79 Å². The first-order valence-corrected chi connectivity index (χ1v) is 8.24. The Morgan fingerprint density at radius 2 is 1.96 bits per heavy atom. The summed E-state index contributed by atoms with van der Waals surface area (Å²) in [7, 11) is 0. The van der Waals surface area contributed by atoms with E-state index in [-0.39, 0.29) is 18.3 Å². The average Bonchev–Trinajstić information content (AvgIpc) is 3.27. The summed E-state index contributed by atoms with van der Waals surface area (Å²) in [4.78, 5) is 16.6. The molecule has 0 bridgehead atoms. The zero-order valence-corrected chi connectivity index (χ0v) is 14.5. The first kappa shape index (κ1) is 16.4. The summed E-state index contributed by atoms with van der Waals surface area (Å²) < 4.78 is 15.9. The van der Waals surface area contributed by atoms with Gasteiger partial charge in [0, 0.05) is 16.5 Å². The Morgan fingerprint density at radius 3 is 2.73 bits per heavy atom. The van der Waals surface area contributed by atoms with Crippen LogP contribution in [0.1, 0.15) is 22.0 Å². The maximum atomic E-state index is 12.3. The molecule has 0 fully saturated rings. The van der Waals surface area contributed by atoms with Gasteiger partial charge in [0.15, 0.2) is 12.2 Å². The molecule has 0 aliphatic rings. The lowest BCUT2D eigenvalue weighted by Gasteiger charge is -1.99. The number of aryl methyl sites for hydroxylation is 1. The molecule has 0 saturated carbocycles. The van der Waals surface area contributed by atoms with Crippen molar-refractivity contribution in [2.75, 3.05) is 0 Å². The Balaban J connectivity index is 1.50. The number of hydrogen-bond acceptors (Lipinski definition) is 6. The minimum Gasteiger partial charge on any atom is -0.450 e. The molecule has 0 aliphatic carbocycles. The molecule has 4 rings (SSSR count). The van der Waals surface area contributed by atoms with E-state index in [1.54, 1.807) is 19.1 Å². The van der Waals surface area contributed by atoms with Gasteiger partial charge in [-0.15, -0.1) is 0 Å². The molecule has 26 heavy (non-hydrogen) atoms. The van der Waals surface area contributed by atoms with Gasteiger partial charge in [0.25, 0.3) is 5.89 Å². The second kappa shape index (κ2) is 6.65. The fourth-order valence-electron chi connectivity index (χ4n) is 2.61. The van der Waals surface area contributed by atoms with Gasteiger partial charge in [0.2, 0.25) is 11.6 Å². The smallest absolute Gasteiger partial charge is 0.375 e. The molecule has 0 saturated heterocycles. The second-order valence-corrected chi connectivity index (χ2v) is 6.03. The molecular weight excluding hydrogens is 356 g/mol. The van der Waals surface area contributed by atoms with E-state index in [4.69, 9.17) is 25.3 Å². The van der Waals surface area contributed by atoms with Crippen LogP contribution in [0.15, 0.2) is 57.5 Å². The number of carbonyl (C=O) groups is 1. The molecule has 0 atom stereocenters. The van der Waals surface area contributed by atoms with Crippen LogP contribution >= 0.6 is 11.6 Å². The Hall–Kier alpha value is -3.12. The third kappa shape index (κ3) is 2.95. The van der Waals surface area contributed by atoms with Gasteiger partial charge < -0.3 is 13.7 Å². The van der Waals surface area contributed by atoms with Crippen LogP contribution in [0, 0.1) is 6.92 Å². The lowest BCUT2D eigenvalue weighted by molar-refractivity contribution is 0.0395. The van der Waals surface area contributed by atoms with Crippen molar-refractivity contribution in [3.63, 3.8) is 0 Å². The van der Waals surface area contributed by atoms with Gasteiger partial charge in [-0.05, 0) is 13.0 Å². The fourth-order valence-corrected chi connectivity index (χ4v) is 2.83. The molecular formula is C19H13ClN2O4. The van der Waals surface area contributed by atoms with Gasteiger partial charge in [-0.2, -0.15) is 4.98 Å². The standard InChI is InChI=1S/C19H13ClN2O4/c1-11-13-8-5-9-14(20)17(13)25-16(11)19(23)24-10-15-21-18(22-26-15)12-6-3-2-4-7-12/h2-9H,10H2,1H3. The van der Waals surface area contributed by atoms with E-state index < -0.39 is 5.97 Å². The highest BCUT2D eigenvalue weighted by Crippen LogP contribution is 2.31. The van der Waals surface area contributed by atoms with E-state index >= 15 is 0 Å². The van der Waals surface area contributed by atoms with Gasteiger partial charge in [0.1, 0.15) is 0 Å². The fraction of sp³-hybridized carbons (Fsp3) is 0.105. The zero-order valence-electron chi connectivity index (χ0n) is 13.7. The average molecular weight is 369 g/mol. The second-order valence-electron chi connectivity index (χ2n) is 5.63. The number of ether oxygens (including phenoxy) is 1. The van der Waals surface area contributed by atoms with E-state index in [0.29, 0.717) is 22.0 Å². The Morgan fingerprint density at radius 1 is 1.15 bits per heavy atom. The summed E-state index contributed by atoms with van der Waals surface area (Å²) in [6.45, 7) is 1.63. The number of esters is 1. The van der Waals surface area contributed by atoms with Crippen LogP contribution in [0.5, 0.6) is 0 Å². The third-order valence-electron chi connectivity index (χ3n) is 3.93. The van der Waals surface area contributed by atoms with Crippen LogP contribution < -0.4 is 0 Å². The summed E-state index contributed by atoms with van der Waals surface area (Å²) in [5.74, 6) is 0.123. The van der Waals surface area contributed by atoms with E-state index in [0.717, 1.165) is 10.9 Å². The maximum Gasteiger partial charge on any atom is 0.375 e. The van der Waals surface area contributed by atoms with Crippen LogP contribution in [0.3, 0.4) is 0 Å². The van der Waals surface area contributed by atoms with Crippen molar-refractivity contribution in [3.05, 3.63) is 70.8 Å². The van der Waals surface area contributed by atoms with Crippen molar-refractivity contribution >= 4 is 28.5 Å². The molecule has 2 heterocycles. The first-order valence-electron chi connectivity index (χ1n) is 7.86. The third-order valence-corrected chi connectivity index (χ3v) is 4.23. The molecule has 0 unspecified atom stereocenters. The number of halogens is 1. The Kier molecular flexibility index (Phi) is 4.18. The molecule has 7 heteroatoms. The highest BCUT2D eigenvalue weighted by molar-refractivity contribution is 6.35. The summed E-state index contributed by atoms with van der Waals surface area (Å²) in [6, 6.07) is 14.7. The number of nitrogens with zero attached hydrogens (tertiary/aromatic N) is 2. The van der Waals surface area contributed by atoms with Crippen LogP contribution in [0.25, 0.3) is 22.4 Å². The Labute approximate surface area is 153 Å². The molecule has 0 radical (unpaired) electrons. The van der Waals surface area contributed by atoms with Crippen molar-refractivity contribution in [3.8, 4) is 11.4 Å². The topological polar surface area (TPSA) is 78.4 Å². The quantitative estimate of drug-likeness (QED) is 0.481. The molecule has 0 spiro atoms. The monoisotopic (exact) mass is 368 g/mol. The molecule has 0 amide bonds. The summed E-state index contributed by atoms with van der Waals surface area (Å²) >= 11 is 6.10. The van der Waals surface area contributed by atoms with Crippen LogP contribution in [-0.4, -0.2) is 16.1 Å². The highest BCUT2D eigenvalue weighted by Gasteiger charge is 2.21. The normalized spacial score (nSPS) is 11.0. The van der Waals surface area contributed by atoms with Gasteiger partial charge in [-0.25, -0.2) is 4.79 Å². The number of para-hydroxylation sites is 1. The Bertz CT molecular complexity index is 1090. The lowest BCUT2D eigenvalue weighted by Crippen LogP contribution is -2.05. The van der Waals surface area contributed by atoms with Crippen molar-refractivity contribution < 1.29 is 18.5 Å². The predicted molar refractivity (Wildman–Crippen MR) is 94.8 cm³/mol. The SMILES string of the molecule is Cc1c(C(=O)OCc2nc(-c3ccccc3)no2)oc2c(Cl)cccc12. The number of hydrogen-bond donors (Lipinski definition) is 0. The van der Waals surface area contributed by atoms with E-state index in [1.165, 1.54) is 0 Å². The number of rotatable bonds is 4. The van der Waals surface area contributed by atoms with Gasteiger partial charge in [0.05, 0.1) is 5.02 Å². The molecule has 130 valence electrons. The number of fused-ring (bicyclic) bond motifs is 1. The van der Waals surface area contributed by atoms with Crippen molar-refractivity contribution in [1.29, 1.82) is 0 Å². The maximum absolute atomic E-state index is 12.3. The lowest BCUT2D eigenvalue weighted by atomic mass is 10.1. The van der Waals surface area contributed by atoms with Gasteiger partial charge in [-0.1, -0.05) is 59.2 Å². The highest BCUT2D eigenvalue weighted by atomic mass is 35.5. The summed E-state index contributed by atoms with van der Waals surface area (Å²) in [6.07, 6.45) is 0. The van der Waals surface area contributed by atoms with Crippen LogP contribution in [0.4, 0.5) is 0 Å². The molecule has 4 aromatic rings. The molecule has 0 aliphatic heterocycles. The van der Waals surface area contributed by atoms with Crippen molar-refractivity contribution in [1.82, 2.24) is 10.1 Å². The van der Waals surface area contributed by atoms with Crippen LogP contribution in [0.2, 0.25) is 5.02 Å². The summed E-state index contributed by atoms with van der Waals surface area (Å²) in [5.41, 5.74) is 1.95.